The molecule has 1 fully saturated rings. The van der Waals surface area contributed by atoms with E-state index in [9.17, 15) is 14.4 Å². The van der Waals surface area contributed by atoms with Crippen LogP contribution in [0.5, 0.6) is 0 Å². The van der Waals surface area contributed by atoms with Crippen LogP contribution in [0.2, 0.25) is 0 Å². The third-order valence-electron chi connectivity index (χ3n) is 3.85. The van der Waals surface area contributed by atoms with Gasteiger partial charge in [-0.1, -0.05) is 17.7 Å². The minimum absolute atomic E-state index is 0.0267. The van der Waals surface area contributed by atoms with Crippen molar-refractivity contribution in [1.82, 2.24) is 15.8 Å². The molecule has 1 aromatic rings. The van der Waals surface area contributed by atoms with Crippen molar-refractivity contribution in [2.75, 3.05) is 13.1 Å². The van der Waals surface area contributed by atoms with E-state index in [1.54, 1.807) is 17.0 Å². The lowest BCUT2D eigenvalue weighted by Crippen LogP contribution is -2.49. The van der Waals surface area contributed by atoms with Gasteiger partial charge < -0.3 is 4.90 Å². The van der Waals surface area contributed by atoms with Crippen LogP contribution in [0.1, 0.15) is 35.7 Å². The van der Waals surface area contributed by atoms with Crippen molar-refractivity contribution >= 4 is 17.7 Å². The third-order valence-corrected chi connectivity index (χ3v) is 3.85. The molecular weight excluding hydrogens is 282 g/mol. The van der Waals surface area contributed by atoms with E-state index in [0.29, 0.717) is 18.7 Å². The highest BCUT2D eigenvalue weighted by atomic mass is 16.2. The maximum absolute atomic E-state index is 12.1. The van der Waals surface area contributed by atoms with Crippen molar-refractivity contribution in [2.45, 2.75) is 26.7 Å². The van der Waals surface area contributed by atoms with Crippen molar-refractivity contribution in [1.29, 1.82) is 0 Å². The van der Waals surface area contributed by atoms with Crippen molar-refractivity contribution in [2.24, 2.45) is 5.92 Å². The Morgan fingerprint density at radius 3 is 2.45 bits per heavy atom. The summed E-state index contributed by atoms with van der Waals surface area (Å²) in [5.74, 6) is -0.920. The lowest BCUT2D eigenvalue weighted by molar-refractivity contribution is -0.134. The van der Waals surface area contributed by atoms with E-state index in [2.05, 4.69) is 10.9 Å². The van der Waals surface area contributed by atoms with Gasteiger partial charge >= 0.3 is 0 Å². The molecule has 22 heavy (non-hydrogen) atoms. The topological polar surface area (TPSA) is 78.5 Å². The molecule has 1 atom stereocenters. The number of benzene rings is 1. The minimum Gasteiger partial charge on any atom is -0.342 e. The number of nitrogens with zero attached hydrogens (tertiary/aromatic N) is 1. The van der Waals surface area contributed by atoms with Crippen LogP contribution in [-0.4, -0.2) is 35.7 Å². The van der Waals surface area contributed by atoms with Gasteiger partial charge in [0.2, 0.25) is 11.8 Å². The number of hydrogen-bond donors (Lipinski definition) is 2. The fourth-order valence-corrected chi connectivity index (χ4v) is 2.47. The van der Waals surface area contributed by atoms with Crippen molar-refractivity contribution in [3.8, 4) is 0 Å². The number of likely N-dealkylation sites (tertiary alicyclic amines) is 1. The highest BCUT2D eigenvalue weighted by Crippen LogP contribution is 2.16. The first kappa shape index (κ1) is 16.0. The molecule has 6 nitrogen and oxygen atoms in total. The zero-order valence-electron chi connectivity index (χ0n) is 12.9. The fraction of sp³-hybridized carbons (Fsp3) is 0.438. The first-order chi connectivity index (χ1) is 10.5. The van der Waals surface area contributed by atoms with Crippen LogP contribution in [0.4, 0.5) is 0 Å². The first-order valence-corrected chi connectivity index (χ1v) is 7.39. The molecule has 1 saturated heterocycles. The molecule has 6 heteroatoms. The number of hydrogen-bond acceptors (Lipinski definition) is 3. The SMILES string of the molecule is CC(=O)N1CCC[C@H](C(=O)NNC(=O)c2ccc(C)cc2)C1. The van der Waals surface area contributed by atoms with Gasteiger partial charge in [-0.3, -0.25) is 25.2 Å². The van der Waals surface area contributed by atoms with Crippen molar-refractivity contribution in [3.05, 3.63) is 35.4 Å². The predicted octanol–water partition coefficient (Wildman–Crippen LogP) is 1.01. The van der Waals surface area contributed by atoms with E-state index in [1.807, 2.05) is 19.1 Å². The average molecular weight is 303 g/mol. The van der Waals surface area contributed by atoms with Gasteiger partial charge in [0.05, 0.1) is 5.92 Å². The first-order valence-electron chi connectivity index (χ1n) is 7.39. The van der Waals surface area contributed by atoms with Gasteiger partial charge in [-0.25, -0.2) is 0 Å². The molecule has 1 aliphatic heterocycles. The smallest absolute Gasteiger partial charge is 0.269 e. The molecule has 0 unspecified atom stereocenters. The maximum atomic E-state index is 12.1. The van der Waals surface area contributed by atoms with Crippen molar-refractivity contribution in [3.63, 3.8) is 0 Å². The zero-order valence-corrected chi connectivity index (χ0v) is 12.9. The molecule has 2 N–H and O–H groups in total. The summed E-state index contributed by atoms with van der Waals surface area (Å²) in [4.78, 5) is 37.1. The number of rotatable bonds is 2. The molecular formula is C16H21N3O3. The lowest BCUT2D eigenvalue weighted by Gasteiger charge is -2.31. The molecule has 1 aromatic carbocycles. The van der Waals surface area contributed by atoms with Gasteiger partial charge in [0.1, 0.15) is 0 Å². The molecule has 2 rings (SSSR count). The summed E-state index contributed by atoms with van der Waals surface area (Å²) in [5, 5.41) is 0. The number of hydrazine groups is 1. The second kappa shape index (κ2) is 7.06. The Morgan fingerprint density at radius 1 is 1.14 bits per heavy atom. The van der Waals surface area contributed by atoms with E-state index in [1.165, 1.54) is 6.92 Å². The van der Waals surface area contributed by atoms with Crippen LogP contribution >= 0.6 is 0 Å². The molecule has 118 valence electrons. The van der Waals surface area contributed by atoms with E-state index in [0.717, 1.165) is 18.4 Å². The monoisotopic (exact) mass is 303 g/mol. The molecule has 0 bridgehead atoms. The molecule has 0 saturated carbocycles. The highest BCUT2D eigenvalue weighted by molar-refractivity contribution is 5.95. The second-order valence-electron chi connectivity index (χ2n) is 5.61. The highest BCUT2D eigenvalue weighted by Gasteiger charge is 2.27. The summed E-state index contributed by atoms with van der Waals surface area (Å²) < 4.78 is 0. The average Bonchev–Trinajstić information content (AvgIpc) is 2.53. The maximum Gasteiger partial charge on any atom is 0.269 e. The molecule has 0 radical (unpaired) electrons. The second-order valence-corrected chi connectivity index (χ2v) is 5.61. The van der Waals surface area contributed by atoms with E-state index < -0.39 is 0 Å². The summed E-state index contributed by atoms with van der Waals surface area (Å²) in [7, 11) is 0. The van der Waals surface area contributed by atoms with Gasteiger partial charge in [0.15, 0.2) is 0 Å². The Hall–Kier alpha value is -2.37. The van der Waals surface area contributed by atoms with Crippen LogP contribution in [0.15, 0.2) is 24.3 Å². The van der Waals surface area contributed by atoms with Crippen molar-refractivity contribution < 1.29 is 14.4 Å². The largest absolute Gasteiger partial charge is 0.342 e. The molecule has 3 amide bonds. The molecule has 0 aromatic heterocycles. The number of nitrogens with one attached hydrogen (secondary N) is 2. The summed E-state index contributed by atoms with van der Waals surface area (Å²) >= 11 is 0. The number of piperidine rings is 1. The predicted molar refractivity (Wildman–Crippen MR) is 81.8 cm³/mol. The van der Waals surface area contributed by atoms with Gasteiger partial charge in [0.25, 0.3) is 5.91 Å². The van der Waals surface area contributed by atoms with Crippen LogP contribution in [0, 0.1) is 12.8 Å². The molecule has 1 aliphatic rings. The lowest BCUT2D eigenvalue weighted by atomic mass is 9.97. The summed E-state index contributed by atoms with van der Waals surface area (Å²) in [6, 6.07) is 7.08. The molecule has 0 aliphatic carbocycles. The van der Waals surface area contributed by atoms with Gasteiger partial charge in [-0.2, -0.15) is 0 Å². The number of amides is 3. The zero-order chi connectivity index (χ0) is 16.1. The Morgan fingerprint density at radius 2 is 1.82 bits per heavy atom. The number of carbonyl (C=O) groups excluding carboxylic acids is 3. The van der Waals surface area contributed by atoms with Crippen LogP contribution in [0.3, 0.4) is 0 Å². The van der Waals surface area contributed by atoms with Gasteiger partial charge in [-0.05, 0) is 31.9 Å². The summed E-state index contributed by atoms with van der Waals surface area (Å²) in [5.41, 5.74) is 6.41. The van der Waals surface area contributed by atoms with Crippen LogP contribution in [-0.2, 0) is 9.59 Å². The Labute approximate surface area is 129 Å². The normalized spacial score (nSPS) is 17.7. The van der Waals surface area contributed by atoms with Crippen LogP contribution in [0.25, 0.3) is 0 Å². The fourth-order valence-electron chi connectivity index (χ4n) is 2.47. The standard InChI is InChI=1S/C16H21N3O3/c1-11-5-7-13(8-6-11)15(21)17-18-16(22)14-4-3-9-19(10-14)12(2)20/h5-8,14H,3-4,9-10H2,1-2H3,(H,17,21)(H,18,22)/t14-/m0/s1. The van der Waals surface area contributed by atoms with Gasteiger partial charge in [0, 0.05) is 25.6 Å². The quantitative estimate of drug-likeness (QED) is 0.801. The molecule has 1 heterocycles. The Kier molecular flexibility index (Phi) is 5.14. The van der Waals surface area contributed by atoms with Gasteiger partial charge in [-0.15, -0.1) is 0 Å². The van der Waals surface area contributed by atoms with Crippen LogP contribution < -0.4 is 10.9 Å². The summed E-state index contributed by atoms with van der Waals surface area (Å²) in [6.07, 6.45) is 1.51. The molecule has 0 spiro atoms. The number of carbonyl (C=O) groups is 3. The number of aryl methyl sites for hydroxylation is 1. The van der Waals surface area contributed by atoms with E-state index in [-0.39, 0.29) is 23.6 Å². The van der Waals surface area contributed by atoms with E-state index >= 15 is 0 Å². The minimum atomic E-state index is -0.354. The Bertz CT molecular complexity index is 569. The Balaban J connectivity index is 1.85. The summed E-state index contributed by atoms with van der Waals surface area (Å²) in [6.45, 7) is 4.53. The third kappa shape index (κ3) is 4.07. The van der Waals surface area contributed by atoms with E-state index in [4.69, 9.17) is 0 Å².